The van der Waals surface area contributed by atoms with Crippen LogP contribution in [0.2, 0.25) is 0 Å². The van der Waals surface area contributed by atoms with Crippen molar-refractivity contribution < 1.29 is 5.11 Å². The van der Waals surface area contributed by atoms with Crippen LogP contribution in [0.15, 0.2) is 29.2 Å². The van der Waals surface area contributed by atoms with Gasteiger partial charge in [-0.1, -0.05) is 25.1 Å². The van der Waals surface area contributed by atoms with Gasteiger partial charge in [0.25, 0.3) is 0 Å². The van der Waals surface area contributed by atoms with Crippen molar-refractivity contribution >= 4 is 11.8 Å². The molecule has 1 unspecified atom stereocenters. The standard InChI is InChI=1S/C13H19NOS/c1-2-13(7-8-15)10-16-12-6-4-3-5-11(12)9-14-13/h3-6,14-15H,2,7-10H2,1H3. The first-order valence-electron chi connectivity index (χ1n) is 5.86. The molecule has 1 aromatic rings. The van der Waals surface area contributed by atoms with Crippen LogP contribution < -0.4 is 5.32 Å². The highest BCUT2D eigenvalue weighted by Gasteiger charge is 2.29. The number of aliphatic hydroxyl groups is 1. The van der Waals surface area contributed by atoms with Gasteiger partial charge in [0.15, 0.2) is 0 Å². The van der Waals surface area contributed by atoms with Crippen molar-refractivity contribution in [2.45, 2.75) is 36.7 Å². The minimum atomic E-state index is 0.0957. The molecular weight excluding hydrogens is 218 g/mol. The van der Waals surface area contributed by atoms with Crippen molar-refractivity contribution in [3.63, 3.8) is 0 Å². The number of rotatable bonds is 3. The van der Waals surface area contributed by atoms with Crippen molar-refractivity contribution in [2.24, 2.45) is 0 Å². The lowest BCUT2D eigenvalue weighted by molar-refractivity contribution is 0.218. The predicted molar refractivity (Wildman–Crippen MR) is 68.7 cm³/mol. The number of benzene rings is 1. The molecule has 1 aromatic carbocycles. The third-order valence-electron chi connectivity index (χ3n) is 3.40. The van der Waals surface area contributed by atoms with Gasteiger partial charge in [0.1, 0.15) is 0 Å². The molecule has 88 valence electrons. The zero-order chi connectivity index (χ0) is 11.4. The molecular formula is C13H19NOS. The average Bonchev–Trinajstić information content (AvgIpc) is 2.51. The largest absolute Gasteiger partial charge is 0.396 e. The minimum Gasteiger partial charge on any atom is -0.396 e. The van der Waals surface area contributed by atoms with E-state index in [1.807, 2.05) is 11.8 Å². The number of thioether (sulfide) groups is 1. The summed E-state index contributed by atoms with van der Waals surface area (Å²) in [6, 6.07) is 8.55. The topological polar surface area (TPSA) is 32.3 Å². The Balaban J connectivity index is 2.17. The van der Waals surface area contributed by atoms with Crippen LogP contribution in [-0.2, 0) is 6.54 Å². The average molecular weight is 237 g/mol. The monoisotopic (exact) mass is 237 g/mol. The van der Waals surface area contributed by atoms with E-state index in [4.69, 9.17) is 0 Å². The first-order chi connectivity index (χ1) is 7.79. The van der Waals surface area contributed by atoms with E-state index in [9.17, 15) is 5.11 Å². The summed E-state index contributed by atoms with van der Waals surface area (Å²) in [6.07, 6.45) is 1.90. The molecule has 0 amide bonds. The third-order valence-corrected chi connectivity index (χ3v) is 4.80. The van der Waals surface area contributed by atoms with Crippen molar-refractivity contribution in [3.05, 3.63) is 29.8 Å². The maximum absolute atomic E-state index is 9.17. The molecule has 0 bridgehead atoms. The molecule has 0 saturated carbocycles. The van der Waals surface area contributed by atoms with E-state index in [1.54, 1.807) is 0 Å². The zero-order valence-electron chi connectivity index (χ0n) is 9.70. The lowest BCUT2D eigenvalue weighted by Crippen LogP contribution is -2.46. The Kier molecular flexibility index (Phi) is 3.90. The van der Waals surface area contributed by atoms with E-state index in [2.05, 4.69) is 36.5 Å². The lowest BCUT2D eigenvalue weighted by Gasteiger charge is -2.31. The van der Waals surface area contributed by atoms with Crippen LogP contribution in [0, 0.1) is 0 Å². The van der Waals surface area contributed by atoms with Gasteiger partial charge >= 0.3 is 0 Å². The number of nitrogens with one attached hydrogen (secondary N) is 1. The van der Waals surface area contributed by atoms with Gasteiger partial charge in [0.2, 0.25) is 0 Å². The van der Waals surface area contributed by atoms with Gasteiger partial charge in [-0.05, 0) is 24.5 Å². The van der Waals surface area contributed by atoms with E-state index in [0.717, 1.165) is 25.1 Å². The SMILES string of the molecule is CCC1(CCO)CSc2ccccc2CN1. The molecule has 1 aliphatic rings. The summed E-state index contributed by atoms with van der Waals surface area (Å²) in [4.78, 5) is 1.38. The molecule has 2 nitrogen and oxygen atoms in total. The molecule has 0 aromatic heterocycles. The molecule has 0 fully saturated rings. The highest BCUT2D eigenvalue weighted by Crippen LogP contribution is 2.32. The maximum Gasteiger partial charge on any atom is 0.0448 e. The minimum absolute atomic E-state index is 0.0957. The van der Waals surface area contributed by atoms with Gasteiger partial charge in [-0.3, -0.25) is 0 Å². The fourth-order valence-electron chi connectivity index (χ4n) is 2.12. The van der Waals surface area contributed by atoms with E-state index in [1.165, 1.54) is 10.5 Å². The van der Waals surface area contributed by atoms with Gasteiger partial charge in [0.05, 0.1) is 0 Å². The molecule has 1 atom stereocenters. The summed E-state index contributed by atoms with van der Waals surface area (Å²) in [7, 11) is 0. The lowest BCUT2D eigenvalue weighted by atomic mass is 9.94. The van der Waals surface area contributed by atoms with Crippen molar-refractivity contribution in [1.29, 1.82) is 0 Å². The van der Waals surface area contributed by atoms with Crippen LogP contribution in [-0.4, -0.2) is 23.0 Å². The number of aliphatic hydroxyl groups excluding tert-OH is 1. The van der Waals surface area contributed by atoms with E-state index in [-0.39, 0.29) is 12.1 Å². The summed E-state index contributed by atoms with van der Waals surface area (Å²) in [6.45, 7) is 3.37. The fraction of sp³-hybridized carbons (Fsp3) is 0.538. The Morgan fingerprint density at radius 1 is 1.44 bits per heavy atom. The molecule has 0 spiro atoms. The smallest absolute Gasteiger partial charge is 0.0448 e. The molecule has 3 heteroatoms. The number of hydrogen-bond donors (Lipinski definition) is 2. The first kappa shape index (κ1) is 12.0. The highest BCUT2D eigenvalue weighted by atomic mass is 32.2. The van der Waals surface area contributed by atoms with Crippen LogP contribution in [0.1, 0.15) is 25.3 Å². The number of fused-ring (bicyclic) bond motifs is 1. The van der Waals surface area contributed by atoms with Crippen LogP contribution in [0.25, 0.3) is 0 Å². The Labute approximate surface area is 101 Å². The van der Waals surface area contributed by atoms with Crippen molar-refractivity contribution in [2.75, 3.05) is 12.4 Å². The van der Waals surface area contributed by atoms with Crippen molar-refractivity contribution in [1.82, 2.24) is 5.32 Å². The molecule has 0 aliphatic carbocycles. The van der Waals surface area contributed by atoms with Crippen LogP contribution in [0.4, 0.5) is 0 Å². The first-order valence-corrected chi connectivity index (χ1v) is 6.85. The molecule has 2 rings (SSSR count). The van der Waals surface area contributed by atoms with Crippen LogP contribution in [0.5, 0.6) is 0 Å². The Bertz CT molecular complexity index is 327. The van der Waals surface area contributed by atoms with E-state index >= 15 is 0 Å². The van der Waals surface area contributed by atoms with E-state index in [0.29, 0.717) is 0 Å². The fourth-order valence-corrected chi connectivity index (χ4v) is 3.50. The Hall–Kier alpha value is -0.510. The van der Waals surface area contributed by atoms with Crippen LogP contribution in [0.3, 0.4) is 0 Å². The second kappa shape index (κ2) is 5.21. The third kappa shape index (κ3) is 2.42. The Morgan fingerprint density at radius 3 is 3.00 bits per heavy atom. The second-order valence-electron chi connectivity index (χ2n) is 4.36. The normalized spacial score (nSPS) is 24.9. The van der Waals surface area contributed by atoms with Gasteiger partial charge in [-0.25, -0.2) is 0 Å². The quantitative estimate of drug-likeness (QED) is 0.847. The molecule has 2 N–H and O–H groups in total. The second-order valence-corrected chi connectivity index (χ2v) is 5.37. The van der Waals surface area contributed by atoms with Gasteiger partial charge in [-0.2, -0.15) is 0 Å². The molecule has 1 aliphatic heterocycles. The van der Waals surface area contributed by atoms with Crippen molar-refractivity contribution in [3.8, 4) is 0 Å². The summed E-state index contributed by atoms with van der Waals surface area (Å²) < 4.78 is 0. The predicted octanol–water partition coefficient (Wildman–Crippen LogP) is 2.41. The summed E-state index contributed by atoms with van der Waals surface area (Å²) in [5, 5.41) is 12.8. The van der Waals surface area contributed by atoms with Gasteiger partial charge in [0, 0.05) is 29.3 Å². The summed E-state index contributed by atoms with van der Waals surface area (Å²) in [5.41, 5.74) is 1.47. The molecule has 16 heavy (non-hydrogen) atoms. The summed E-state index contributed by atoms with van der Waals surface area (Å²) >= 11 is 1.91. The summed E-state index contributed by atoms with van der Waals surface area (Å²) in [5.74, 6) is 1.04. The molecule has 0 radical (unpaired) electrons. The number of hydrogen-bond acceptors (Lipinski definition) is 3. The Morgan fingerprint density at radius 2 is 2.25 bits per heavy atom. The van der Waals surface area contributed by atoms with Gasteiger partial charge in [-0.15, -0.1) is 11.8 Å². The molecule has 0 saturated heterocycles. The zero-order valence-corrected chi connectivity index (χ0v) is 10.5. The maximum atomic E-state index is 9.17. The van der Waals surface area contributed by atoms with E-state index < -0.39 is 0 Å². The molecule has 1 heterocycles. The highest BCUT2D eigenvalue weighted by molar-refractivity contribution is 7.99. The van der Waals surface area contributed by atoms with Gasteiger partial charge < -0.3 is 10.4 Å². The van der Waals surface area contributed by atoms with Crippen LogP contribution >= 0.6 is 11.8 Å².